The van der Waals surface area contributed by atoms with Gasteiger partial charge >= 0.3 is 12.7 Å². The van der Waals surface area contributed by atoms with Crippen molar-refractivity contribution < 1.29 is 45.3 Å². The summed E-state index contributed by atoms with van der Waals surface area (Å²) in [5.74, 6) is 1.06. The number of imidazole rings is 1. The van der Waals surface area contributed by atoms with Crippen LogP contribution >= 0.6 is 11.6 Å². The van der Waals surface area contributed by atoms with E-state index in [0.717, 1.165) is 64.9 Å². The van der Waals surface area contributed by atoms with E-state index >= 15 is 0 Å². The van der Waals surface area contributed by atoms with E-state index in [4.69, 9.17) is 16.3 Å². The zero-order valence-electron chi connectivity index (χ0n) is 35.2. The third-order valence-electron chi connectivity index (χ3n) is 10.7. The van der Waals surface area contributed by atoms with Gasteiger partial charge in [0, 0.05) is 49.5 Å². The molecule has 0 atom stereocenters. The molecule has 1 saturated heterocycles. The van der Waals surface area contributed by atoms with Crippen molar-refractivity contribution in [1.29, 1.82) is 0 Å². The Labute approximate surface area is 375 Å². The molecule has 3 aromatic heterocycles. The summed E-state index contributed by atoms with van der Waals surface area (Å²) in [5, 5.41) is 7.62. The first-order valence-electron chi connectivity index (χ1n) is 20.7. The molecule has 0 aliphatic carbocycles. The van der Waals surface area contributed by atoms with Gasteiger partial charge in [0.25, 0.3) is 5.91 Å². The smallest absolute Gasteiger partial charge is 0.497 e. The van der Waals surface area contributed by atoms with Crippen LogP contribution in [0.4, 0.5) is 37.8 Å². The highest BCUT2D eigenvalue weighted by atomic mass is 35.5. The molecule has 2 N–H and O–H groups in total. The van der Waals surface area contributed by atoms with E-state index in [-0.39, 0.29) is 23.3 Å². The monoisotopic (exact) mass is 919 g/mol. The zero-order valence-corrected chi connectivity index (χ0v) is 36.0. The molecule has 11 nitrogen and oxygen atoms in total. The number of hydrogen-bond acceptors (Lipinski definition) is 9. The summed E-state index contributed by atoms with van der Waals surface area (Å²) in [5.41, 5.74) is 6.64. The van der Waals surface area contributed by atoms with Crippen LogP contribution in [0.1, 0.15) is 58.6 Å². The number of hydrogen-bond donors (Lipinski definition) is 2. The maximum absolute atomic E-state index is 13.0. The number of anilines is 2. The Morgan fingerprint density at radius 3 is 2.06 bits per heavy atom. The second kappa shape index (κ2) is 20.4. The minimum Gasteiger partial charge on any atom is -0.497 e. The third-order valence-corrected chi connectivity index (χ3v) is 11.0. The predicted octanol–water partition coefficient (Wildman–Crippen LogP) is 11.0. The molecule has 340 valence electrons. The van der Waals surface area contributed by atoms with Gasteiger partial charge in [-0.2, -0.15) is 0 Å². The lowest BCUT2D eigenvalue weighted by molar-refractivity contribution is -0.275. The van der Waals surface area contributed by atoms with E-state index < -0.39 is 12.7 Å². The van der Waals surface area contributed by atoms with E-state index in [1.165, 1.54) is 30.6 Å². The number of carbonyl (C=O) groups excluding carboxylic acids is 1. The van der Waals surface area contributed by atoms with Crippen molar-refractivity contribution in [3.63, 3.8) is 0 Å². The number of nitrogens with one attached hydrogen (secondary N) is 2. The van der Waals surface area contributed by atoms with E-state index in [0.29, 0.717) is 53.9 Å². The Hall–Kier alpha value is -6.75. The van der Waals surface area contributed by atoms with Crippen LogP contribution in [0.3, 0.4) is 0 Å². The second-order valence-electron chi connectivity index (χ2n) is 15.0. The van der Waals surface area contributed by atoms with Gasteiger partial charge in [0.2, 0.25) is 0 Å². The van der Waals surface area contributed by atoms with Gasteiger partial charge in [0.15, 0.2) is 0 Å². The van der Waals surface area contributed by atoms with Gasteiger partial charge in [0.1, 0.15) is 40.7 Å². The van der Waals surface area contributed by atoms with Crippen LogP contribution in [-0.2, 0) is 19.4 Å². The predicted molar refractivity (Wildman–Crippen MR) is 236 cm³/mol. The van der Waals surface area contributed by atoms with E-state index in [1.54, 1.807) is 54.1 Å². The average molecular weight is 920 g/mol. The SMILES string of the molecule is CCc1nc2ccc(Cl)cn2c1C(=O)NCc1ccc(N2CCC(c3ccc(OC(F)(F)F)cc3)CC2)cc1.COc1ccc2c(NCCc3ccc(OC(F)(F)F)cc3)ncnc2c1. The number of pyridine rings is 1. The Morgan fingerprint density at radius 1 is 0.800 bits per heavy atom. The number of aromatic nitrogens is 4. The summed E-state index contributed by atoms with van der Waals surface area (Å²) in [4.78, 5) is 28.3. The summed E-state index contributed by atoms with van der Waals surface area (Å²) in [7, 11) is 1.59. The third kappa shape index (κ3) is 12.5. The molecule has 1 aliphatic rings. The molecular weight excluding hydrogens is 876 g/mol. The Balaban J connectivity index is 0.000000210. The molecule has 4 heterocycles. The number of alkyl halides is 6. The maximum atomic E-state index is 13.0. The van der Waals surface area contributed by atoms with Crippen molar-refractivity contribution >= 4 is 45.6 Å². The van der Waals surface area contributed by atoms with Gasteiger partial charge in [-0.05, 0) is 109 Å². The molecule has 7 aromatic rings. The van der Waals surface area contributed by atoms with Gasteiger partial charge in [-0.1, -0.05) is 54.9 Å². The maximum Gasteiger partial charge on any atom is 0.573 e. The topological polar surface area (TPSA) is 115 Å². The highest BCUT2D eigenvalue weighted by Crippen LogP contribution is 2.33. The largest absolute Gasteiger partial charge is 0.573 e. The average Bonchev–Trinajstić information content (AvgIpc) is 3.66. The van der Waals surface area contributed by atoms with E-state index in [1.807, 2.05) is 37.3 Å². The Morgan fingerprint density at radius 2 is 1.43 bits per heavy atom. The van der Waals surface area contributed by atoms with Crippen LogP contribution < -0.4 is 29.7 Å². The van der Waals surface area contributed by atoms with E-state index in [9.17, 15) is 31.1 Å². The Kier molecular flexibility index (Phi) is 14.5. The normalized spacial score (nSPS) is 13.3. The number of ether oxygens (including phenoxy) is 3. The first-order valence-corrected chi connectivity index (χ1v) is 21.0. The van der Waals surface area contributed by atoms with Crippen LogP contribution in [-0.4, -0.2) is 64.7 Å². The number of piperidine rings is 1. The van der Waals surface area contributed by atoms with Gasteiger partial charge in [-0.25, -0.2) is 15.0 Å². The number of carbonyl (C=O) groups is 1. The van der Waals surface area contributed by atoms with Crippen molar-refractivity contribution in [3.8, 4) is 17.2 Å². The molecule has 65 heavy (non-hydrogen) atoms. The lowest BCUT2D eigenvalue weighted by atomic mass is 9.89. The fourth-order valence-corrected chi connectivity index (χ4v) is 7.71. The number of benzene rings is 4. The standard InChI is InChI=1S/C29H28ClF3N4O2.C18H16F3N3O2/c1-2-25-27(37-18-22(30)7-12-26(37)35-25)28(38)34-17-19-3-8-23(9-4-19)36-15-13-21(14-16-36)20-5-10-24(11-6-20)39-29(31,32)33;1-25-14-6-7-15-16(10-14)23-11-24-17(15)22-9-8-12-2-4-13(5-3-12)26-18(19,20)21/h3-12,18,21H,2,13-17H2,1H3,(H,34,38);2-7,10-11H,8-9H2,1H3,(H,22,23,24). The second-order valence-corrected chi connectivity index (χ2v) is 15.5. The molecule has 8 rings (SSSR count). The highest BCUT2D eigenvalue weighted by Gasteiger charge is 2.32. The van der Waals surface area contributed by atoms with Crippen molar-refractivity contribution in [2.24, 2.45) is 0 Å². The van der Waals surface area contributed by atoms with Crippen LogP contribution in [0.2, 0.25) is 5.02 Å². The Bertz CT molecular complexity index is 2690. The lowest BCUT2D eigenvalue weighted by Crippen LogP contribution is -2.32. The zero-order chi connectivity index (χ0) is 46.1. The van der Waals surface area contributed by atoms with Gasteiger partial charge < -0.3 is 29.7 Å². The van der Waals surface area contributed by atoms with Gasteiger partial charge in [-0.15, -0.1) is 26.3 Å². The van der Waals surface area contributed by atoms with Crippen molar-refractivity contribution in [1.82, 2.24) is 24.7 Å². The quantitative estimate of drug-likeness (QED) is 0.109. The van der Waals surface area contributed by atoms with Crippen molar-refractivity contribution in [3.05, 3.63) is 149 Å². The molecule has 1 aliphatic heterocycles. The molecule has 0 radical (unpaired) electrons. The highest BCUT2D eigenvalue weighted by molar-refractivity contribution is 6.30. The summed E-state index contributed by atoms with van der Waals surface area (Å²) in [6.45, 7) is 4.60. The number of fused-ring (bicyclic) bond motifs is 2. The number of methoxy groups -OCH3 is 1. The fourth-order valence-electron chi connectivity index (χ4n) is 7.55. The van der Waals surface area contributed by atoms with Crippen molar-refractivity contribution in [2.45, 2.75) is 57.8 Å². The van der Waals surface area contributed by atoms with Crippen molar-refractivity contribution in [2.75, 3.05) is 37.0 Å². The van der Waals surface area contributed by atoms with Crippen LogP contribution in [0, 0.1) is 0 Å². The van der Waals surface area contributed by atoms with Crippen LogP contribution in [0.5, 0.6) is 17.2 Å². The van der Waals surface area contributed by atoms with Gasteiger partial charge in [-0.3, -0.25) is 9.20 Å². The summed E-state index contributed by atoms with van der Waals surface area (Å²) in [6.07, 6.45) is -3.14. The van der Waals surface area contributed by atoms with Crippen LogP contribution in [0.25, 0.3) is 16.6 Å². The first kappa shape index (κ1) is 46.2. The minimum atomic E-state index is -4.68. The summed E-state index contributed by atoms with van der Waals surface area (Å²) < 4.78 is 88.4. The number of amides is 1. The van der Waals surface area contributed by atoms with Crippen LogP contribution in [0.15, 0.2) is 116 Å². The summed E-state index contributed by atoms with van der Waals surface area (Å²) in [6, 6.07) is 29.2. The number of aryl methyl sites for hydroxylation is 1. The molecule has 0 saturated carbocycles. The molecule has 0 bridgehead atoms. The molecule has 0 spiro atoms. The fraction of sp³-hybridized carbons (Fsp3) is 0.277. The van der Waals surface area contributed by atoms with E-state index in [2.05, 4.69) is 52.1 Å². The number of rotatable bonds is 13. The first-order chi connectivity index (χ1) is 31.1. The number of halogens is 7. The molecule has 1 fully saturated rings. The summed E-state index contributed by atoms with van der Waals surface area (Å²) >= 11 is 6.14. The molecule has 4 aromatic carbocycles. The van der Waals surface area contributed by atoms with Gasteiger partial charge in [0.05, 0.1) is 23.3 Å². The minimum absolute atomic E-state index is 0.200. The lowest BCUT2D eigenvalue weighted by Gasteiger charge is -2.34. The molecule has 18 heteroatoms. The molecular formula is C47H44ClF6N7O4. The number of nitrogens with zero attached hydrogens (tertiary/aromatic N) is 5. The molecule has 0 unspecified atom stereocenters. The molecule has 1 amide bonds.